The van der Waals surface area contributed by atoms with Crippen LogP contribution in [0, 0.1) is 0 Å². The fourth-order valence-corrected chi connectivity index (χ4v) is 10.4. The van der Waals surface area contributed by atoms with Crippen molar-refractivity contribution >= 4 is 43.6 Å². The van der Waals surface area contributed by atoms with Crippen molar-refractivity contribution in [2.24, 2.45) is 0 Å². The minimum absolute atomic E-state index is 0.643. The summed E-state index contributed by atoms with van der Waals surface area (Å²) in [5.41, 5.74) is 17.9. The quantitative estimate of drug-likeness (QED) is 0.153. The summed E-state index contributed by atoms with van der Waals surface area (Å²) in [7, 11) is 0. The summed E-state index contributed by atoms with van der Waals surface area (Å²) in [6, 6.07) is 91.1. The largest absolute Gasteiger partial charge is 0.309 e. The van der Waals surface area contributed by atoms with Crippen LogP contribution >= 0.6 is 0 Å². The highest BCUT2D eigenvalue weighted by Gasteiger charge is 2.25. The van der Waals surface area contributed by atoms with E-state index in [1.165, 1.54) is 21.5 Å². The van der Waals surface area contributed by atoms with Gasteiger partial charge in [0.1, 0.15) is 0 Å². The maximum absolute atomic E-state index is 5.69. The first-order valence-corrected chi connectivity index (χ1v) is 23.2. The minimum Gasteiger partial charge on any atom is -0.309 e. The average Bonchev–Trinajstić information content (AvgIpc) is 3.94. The summed E-state index contributed by atoms with van der Waals surface area (Å²) >= 11 is 0. The lowest BCUT2D eigenvalue weighted by molar-refractivity contribution is 1.14. The van der Waals surface area contributed by atoms with Crippen molar-refractivity contribution in [2.75, 3.05) is 0 Å². The second kappa shape index (κ2) is 16.4. The number of hydrogen-bond donors (Lipinski definition) is 0. The second-order valence-electron chi connectivity index (χ2n) is 17.3. The topological polar surface area (TPSA) is 35.6 Å². The van der Waals surface area contributed by atoms with Crippen molar-refractivity contribution in [2.45, 2.75) is 0 Å². The highest BCUT2D eigenvalue weighted by atomic mass is 15.0. The van der Waals surface area contributed by atoms with Gasteiger partial charge in [-0.25, -0.2) is 9.97 Å². The van der Waals surface area contributed by atoms with Crippen LogP contribution in [0.1, 0.15) is 0 Å². The summed E-state index contributed by atoms with van der Waals surface area (Å²) in [5, 5.41) is 4.81. The van der Waals surface area contributed by atoms with Gasteiger partial charge in [-0.15, -0.1) is 0 Å². The third-order valence-electron chi connectivity index (χ3n) is 13.4. The highest BCUT2D eigenvalue weighted by Crippen LogP contribution is 2.45. The number of benzene rings is 10. The van der Waals surface area contributed by atoms with E-state index in [2.05, 4.69) is 264 Å². The van der Waals surface area contributed by atoms with E-state index in [1.807, 2.05) is 0 Å². The lowest BCUT2D eigenvalue weighted by Gasteiger charge is -2.21. The van der Waals surface area contributed by atoms with Crippen LogP contribution in [0.2, 0.25) is 0 Å². The zero-order valence-corrected chi connectivity index (χ0v) is 37.0. The van der Waals surface area contributed by atoms with Gasteiger partial charge in [-0.3, -0.25) is 0 Å². The fraction of sp³-hybridized carbons (Fsp3) is 0. The normalized spacial score (nSPS) is 11.5. The number of para-hydroxylation sites is 5. The molecule has 0 saturated carbocycles. The number of aromatic nitrogens is 4. The molecule has 13 rings (SSSR count). The number of nitrogens with zero attached hydrogens (tertiary/aromatic N) is 4. The molecule has 0 bridgehead atoms. The predicted molar refractivity (Wildman–Crippen MR) is 283 cm³/mol. The Hall–Kier alpha value is -9.12. The maximum Gasteiger partial charge on any atom is 0.160 e. The SMILES string of the molecule is c1ccc(-c2cccc(-c3nc(-c4cccc(-c5ccccc5)c4-n4c5ccccc5c5ccccc54)cc(-c4c(-c5ccccc5)cccc4-n4c5ccccc5c5ccccc54)n3)c2)cc1. The summed E-state index contributed by atoms with van der Waals surface area (Å²) in [6.07, 6.45) is 0. The molecule has 4 nitrogen and oxygen atoms in total. The van der Waals surface area contributed by atoms with Gasteiger partial charge in [0.25, 0.3) is 0 Å². The van der Waals surface area contributed by atoms with Crippen molar-refractivity contribution in [1.82, 2.24) is 19.1 Å². The molecule has 4 heteroatoms. The van der Waals surface area contributed by atoms with Gasteiger partial charge >= 0.3 is 0 Å². The van der Waals surface area contributed by atoms with E-state index >= 15 is 0 Å². The Morgan fingerprint density at radius 3 is 1.26 bits per heavy atom. The first-order valence-electron chi connectivity index (χ1n) is 23.2. The average molecular weight is 867 g/mol. The van der Waals surface area contributed by atoms with Crippen LogP contribution in [0.3, 0.4) is 0 Å². The fourth-order valence-electron chi connectivity index (χ4n) is 10.4. The summed E-state index contributed by atoms with van der Waals surface area (Å²) in [4.78, 5) is 11.4. The molecule has 0 aliphatic rings. The molecular formula is C64H42N4. The maximum atomic E-state index is 5.69. The standard InChI is InChI=1S/C64H42N4/c1-4-21-43(22-5-1)46-27-18-28-47(41-46)64-65-55(54-35-19-34-49(45-25-8-3-9-26-45)63(54)68-59-38-16-12-31-52(59)53-32-13-17-39-60(53)68)42-56(66-64)62-48(44-23-6-2-7-24-44)33-20-40-61(62)67-57-36-14-10-29-50(57)51-30-11-15-37-58(51)67/h1-42H. The molecule has 13 aromatic rings. The first kappa shape index (κ1) is 39.3. The van der Waals surface area contributed by atoms with Gasteiger partial charge in [-0.1, -0.05) is 212 Å². The molecule has 318 valence electrons. The van der Waals surface area contributed by atoms with E-state index < -0.39 is 0 Å². The minimum atomic E-state index is 0.643. The molecule has 0 atom stereocenters. The third-order valence-corrected chi connectivity index (χ3v) is 13.4. The molecule has 0 amide bonds. The van der Waals surface area contributed by atoms with Gasteiger partial charge in [0.05, 0.1) is 44.8 Å². The molecule has 3 aromatic heterocycles. The van der Waals surface area contributed by atoms with Crippen LogP contribution in [0.15, 0.2) is 255 Å². The third kappa shape index (κ3) is 6.53. The smallest absolute Gasteiger partial charge is 0.160 e. The van der Waals surface area contributed by atoms with Crippen molar-refractivity contribution < 1.29 is 0 Å². The Morgan fingerprint density at radius 2 is 0.676 bits per heavy atom. The molecule has 0 N–H and O–H groups in total. The molecule has 0 aliphatic heterocycles. The Labute approximate surface area is 394 Å². The van der Waals surface area contributed by atoms with E-state index in [-0.39, 0.29) is 0 Å². The lowest BCUT2D eigenvalue weighted by Crippen LogP contribution is -2.05. The molecule has 3 heterocycles. The van der Waals surface area contributed by atoms with Gasteiger partial charge < -0.3 is 9.13 Å². The van der Waals surface area contributed by atoms with Crippen molar-refractivity contribution in [3.63, 3.8) is 0 Å². The second-order valence-corrected chi connectivity index (χ2v) is 17.3. The zero-order chi connectivity index (χ0) is 45.0. The lowest BCUT2D eigenvalue weighted by atomic mass is 9.93. The van der Waals surface area contributed by atoms with E-state index in [9.17, 15) is 0 Å². The zero-order valence-electron chi connectivity index (χ0n) is 37.0. The van der Waals surface area contributed by atoms with E-state index in [0.717, 1.165) is 94.9 Å². The van der Waals surface area contributed by atoms with Crippen LogP contribution in [0.25, 0.3) is 122 Å². The number of hydrogen-bond acceptors (Lipinski definition) is 2. The summed E-state index contributed by atoms with van der Waals surface area (Å²) < 4.78 is 4.87. The van der Waals surface area contributed by atoms with Crippen LogP contribution in [0.4, 0.5) is 0 Å². The molecule has 0 fully saturated rings. The molecule has 0 aliphatic carbocycles. The van der Waals surface area contributed by atoms with Crippen LogP contribution < -0.4 is 0 Å². The Balaban J connectivity index is 1.16. The van der Waals surface area contributed by atoms with Crippen molar-refractivity contribution in [3.8, 4) is 78.7 Å². The Kier molecular flexibility index (Phi) is 9.47. The predicted octanol–water partition coefficient (Wildman–Crippen LogP) is 16.7. The van der Waals surface area contributed by atoms with E-state index in [0.29, 0.717) is 5.82 Å². The van der Waals surface area contributed by atoms with Crippen LogP contribution in [-0.4, -0.2) is 19.1 Å². The Bertz CT molecular complexity index is 3910. The molecule has 0 unspecified atom stereocenters. The van der Waals surface area contributed by atoms with Gasteiger partial charge in [0, 0.05) is 43.8 Å². The van der Waals surface area contributed by atoms with Gasteiger partial charge in [-0.05, 0) is 70.3 Å². The van der Waals surface area contributed by atoms with Gasteiger partial charge in [-0.2, -0.15) is 0 Å². The summed E-state index contributed by atoms with van der Waals surface area (Å²) in [5.74, 6) is 0.643. The molecule has 0 saturated heterocycles. The molecule has 0 radical (unpaired) electrons. The number of fused-ring (bicyclic) bond motifs is 6. The van der Waals surface area contributed by atoms with E-state index in [4.69, 9.17) is 9.97 Å². The van der Waals surface area contributed by atoms with Gasteiger partial charge in [0.15, 0.2) is 5.82 Å². The molecule has 10 aromatic carbocycles. The monoisotopic (exact) mass is 866 g/mol. The highest BCUT2D eigenvalue weighted by molar-refractivity contribution is 6.12. The van der Waals surface area contributed by atoms with Gasteiger partial charge in [0.2, 0.25) is 0 Å². The van der Waals surface area contributed by atoms with Crippen LogP contribution in [0.5, 0.6) is 0 Å². The Morgan fingerprint density at radius 1 is 0.265 bits per heavy atom. The van der Waals surface area contributed by atoms with Crippen LogP contribution in [-0.2, 0) is 0 Å². The molecule has 0 spiro atoms. The summed E-state index contributed by atoms with van der Waals surface area (Å²) in [6.45, 7) is 0. The molecule has 68 heavy (non-hydrogen) atoms. The van der Waals surface area contributed by atoms with Crippen molar-refractivity contribution in [3.05, 3.63) is 255 Å². The van der Waals surface area contributed by atoms with E-state index in [1.54, 1.807) is 0 Å². The first-order chi connectivity index (χ1) is 33.8. The molecular weight excluding hydrogens is 825 g/mol. The van der Waals surface area contributed by atoms with Crippen molar-refractivity contribution in [1.29, 1.82) is 0 Å². The number of rotatable bonds is 8.